The van der Waals surface area contributed by atoms with Gasteiger partial charge in [0.05, 0.1) is 11.7 Å². The van der Waals surface area contributed by atoms with Gasteiger partial charge in [-0.1, -0.05) is 30.2 Å². The van der Waals surface area contributed by atoms with Gasteiger partial charge < -0.3 is 15.0 Å². The first-order chi connectivity index (χ1) is 13.5. The number of carbonyl (C=O) groups excluding carboxylic acids is 1. The Morgan fingerprint density at radius 3 is 2.82 bits per heavy atom. The lowest BCUT2D eigenvalue weighted by atomic mass is 10.1. The fraction of sp³-hybridized carbons (Fsp3) is 0.381. The number of amides is 1. The summed E-state index contributed by atoms with van der Waals surface area (Å²) in [6.45, 7) is 2.88. The molecule has 0 fully saturated rings. The van der Waals surface area contributed by atoms with Gasteiger partial charge in [0.25, 0.3) is 5.91 Å². The number of aliphatic hydroxyl groups is 1. The number of aryl methyl sites for hydroxylation is 3. The molecule has 1 amide bonds. The molecule has 0 bridgehead atoms. The van der Waals surface area contributed by atoms with E-state index in [1.165, 1.54) is 6.42 Å². The van der Waals surface area contributed by atoms with E-state index in [9.17, 15) is 9.90 Å². The highest BCUT2D eigenvalue weighted by Crippen LogP contribution is 2.24. The molecule has 28 heavy (non-hydrogen) atoms. The zero-order chi connectivity index (χ0) is 19.7. The molecule has 2 aromatic heterocycles. The van der Waals surface area contributed by atoms with E-state index >= 15 is 0 Å². The molecule has 146 valence electrons. The molecule has 1 atom stereocenters. The number of aliphatic hydroxyl groups excluding tert-OH is 1. The normalized spacial score (nSPS) is 15.1. The number of aromatic nitrogens is 3. The van der Waals surface area contributed by atoms with Gasteiger partial charge in [-0.25, -0.2) is 9.97 Å². The number of nitrogens with zero attached hydrogens (tertiary/aromatic N) is 3. The van der Waals surface area contributed by atoms with Crippen LogP contribution in [0.15, 0.2) is 30.3 Å². The van der Waals surface area contributed by atoms with Crippen LogP contribution in [-0.4, -0.2) is 32.1 Å². The molecule has 6 nitrogen and oxygen atoms in total. The summed E-state index contributed by atoms with van der Waals surface area (Å²) in [4.78, 5) is 22.2. The zero-order valence-corrected chi connectivity index (χ0v) is 16.5. The first kappa shape index (κ1) is 18.9. The number of carbonyl (C=O) groups is 1. The van der Waals surface area contributed by atoms with Crippen molar-refractivity contribution in [2.45, 2.75) is 45.3 Å². The molecule has 7 heteroatoms. The van der Waals surface area contributed by atoms with Crippen molar-refractivity contribution in [1.29, 1.82) is 0 Å². The molecule has 1 aliphatic heterocycles. The van der Waals surface area contributed by atoms with Gasteiger partial charge in [0, 0.05) is 30.2 Å². The molecule has 0 saturated carbocycles. The van der Waals surface area contributed by atoms with Gasteiger partial charge in [-0.15, -0.1) is 0 Å². The van der Waals surface area contributed by atoms with E-state index in [0.717, 1.165) is 43.0 Å². The zero-order valence-electron chi connectivity index (χ0n) is 15.8. The monoisotopic (exact) mass is 398 g/mol. The number of halogens is 1. The Labute approximate surface area is 168 Å². The molecule has 2 N–H and O–H groups in total. The Bertz CT molecular complexity index is 1010. The lowest BCUT2D eigenvalue weighted by Crippen LogP contribution is -2.28. The van der Waals surface area contributed by atoms with E-state index in [2.05, 4.69) is 14.9 Å². The maximum Gasteiger partial charge on any atom is 0.253 e. The number of fused-ring (bicyclic) bond motifs is 3. The van der Waals surface area contributed by atoms with Crippen LogP contribution in [0, 0.1) is 6.92 Å². The fourth-order valence-electron chi connectivity index (χ4n) is 3.68. The molecule has 0 radical (unpaired) electrons. The molecule has 1 aromatic carbocycles. The maximum absolute atomic E-state index is 12.9. The van der Waals surface area contributed by atoms with Crippen LogP contribution in [0.3, 0.4) is 0 Å². The average Bonchev–Trinajstić information content (AvgIpc) is 2.87. The van der Waals surface area contributed by atoms with E-state index in [0.29, 0.717) is 21.7 Å². The number of pyridine rings is 1. The van der Waals surface area contributed by atoms with Gasteiger partial charge in [-0.05, 0) is 43.5 Å². The minimum absolute atomic E-state index is 0.108. The summed E-state index contributed by atoms with van der Waals surface area (Å²) in [6, 6.07) is 8.70. The topological polar surface area (TPSA) is 80.0 Å². The quantitative estimate of drug-likeness (QED) is 0.703. The Balaban J connectivity index is 1.58. The van der Waals surface area contributed by atoms with Crippen molar-refractivity contribution in [3.63, 3.8) is 0 Å². The van der Waals surface area contributed by atoms with Gasteiger partial charge in [0.1, 0.15) is 11.3 Å². The molecule has 3 heterocycles. The number of nitrogens with one attached hydrogen (secondary N) is 1. The van der Waals surface area contributed by atoms with Crippen LogP contribution in [0.25, 0.3) is 11.2 Å². The van der Waals surface area contributed by atoms with Crippen molar-refractivity contribution in [3.8, 4) is 0 Å². The Kier molecular flexibility index (Phi) is 5.33. The molecule has 0 spiro atoms. The third-order valence-electron chi connectivity index (χ3n) is 5.15. The first-order valence-corrected chi connectivity index (χ1v) is 9.99. The SMILES string of the molecule is Cc1cc(C(=O)NC[C@H](O)c2ccc(Cl)cc2)c2nc3n(c2n1)CCCCC3. The van der Waals surface area contributed by atoms with Gasteiger partial charge in [0.15, 0.2) is 5.65 Å². The van der Waals surface area contributed by atoms with Crippen molar-refractivity contribution in [2.75, 3.05) is 6.54 Å². The van der Waals surface area contributed by atoms with Crippen LogP contribution in [0.4, 0.5) is 0 Å². The summed E-state index contributed by atoms with van der Waals surface area (Å²) in [5.74, 6) is 0.748. The summed E-state index contributed by atoms with van der Waals surface area (Å²) in [7, 11) is 0. The fourth-order valence-corrected chi connectivity index (χ4v) is 3.80. The minimum atomic E-state index is -0.807. The lowest BCUT2D eigenvalue weighted by molar-refractivity contribution is 0.0917. The molecule has 0 saturated heterocycles. The van der Waals surface area contributed by atoms with Crippen molar-refractivity contribution in [2.24, 2.45) is 0 Å². The summed E-state index contributed by atoms with van der Waals surface area (Å²) in [5, 5.41) is 13.8. The van der Waals surface area contributed by atoms with Crippen LogP contribution in [-0.2, 0) is 13.0 Å². The van der Waals surface area contributed by atoms with Crippen LogP contribution < -0.4 is 5.32 Å². The van der Waals surface area contributed by atoms with E-state index in [1.807, 2.05) is 6.92 Å². The highest BCUT2D eigenvalue weighted by Gasteiger charge is 2.21. The smallest absolute Gasteiger partial charge is 0.253 e. The van der Waals surface area contributed by atoms with Gasteiger partial charge in [0.2, 0.25) is 0 Å². The summed E-state index contributed by atoms with van der Waals surface area (Å²) < 4.78 is 2.15. The highest BCUT2D eigenvalue weighted by atomic mass is 35.5. The highest BCUT2D eigenvalue weighted by molar-refractivity contribution is 6.30. The molecule has 0 unspecified atom stereocenters. The van der Waals surface area contributed by atoms with Crippen LogP contribution >= 0.6 is 11.6 Å². The van der Waals surface area contributed by atoms with Crippen LogP contribution in [0.1, 0.15) is 52.8 Å². The summed E-state index contributed by atoms with van der Waals surface area (Å²) >= 11 is 5.88. The first-order valence-electron chi connectivity index (χ1n) is 9.61. The van der Waals surface area contributed by atoms with Gasteiger partial charge >= 0.3 is 0 Å². The Morgan fingerprint density at radius 1 is 1.25 bits per heavy atom. The van der Waals surface area contributed by atoms with Crippen molar-refractivity contribution >= 4 is 28.7 Å². The summed E-state index contributed by atoms with van der Waals surface area (Å²) in [5.41, 5.74) is 3.41. The molecule has 0 aliphatic carbocycles. The standard InChI is InChI=1S/C21H23ClN4O2/c1-13-11-16(19-20(24-13)26-10-4-2-3-5-18(26)25-19)21(28)23-12-17(27)14-6-8-15(22)9-7-14/h6-9,11,17,27H,2-5,10,12H2,1H3,(H,23,28)/t17-/m0/s1. The molecule has 1 aliphatic rings. The summed E-state index contributed by atoms with van der Waals surface area (Å²) in [6.07, 6.45) is 3.50. The van der Waals surface area contributed by atoms with Crippen molar-refractivity contribution < 1.29 is 9.90 Å². The third-order valence-corrected chi connectivity index (χ3v) is 5.40. The minimum Gasteiger partial charge on any atom is -0.387 e. The predicted octanol–water partition coefficient (Wildman–Crippen LogP) is 3.58. The van der Waals surface area contributed by atoms with E-state index in [1.54, 1.807) is 30.3 Å². The van der Waals surface area contributed by atoms with Crippen molar-refractivity contribution in [1.82, 2.24) is 19.9 Å². The average molecular weight is 399 g/mol. The second-order valence-corrected chi connectivity index (χ2v) is 7.69. The number of rotatable bonds is 4. The second kappa shape index (κ2) is 7.89. The predicted molar refractivity (Wildman–Crippen MR) is 109 cm³/mol. The molecule has 4 rings (SSSR count). The maximum atomic E-state index is 12.9. The van der Waals surface area contributed by atoms with Gasteiger partial charge in [-0.3, -0.25) is 4.79 Å². The molecular formula is C21H23ClN4O2. The second-order valence-electron chi connectivity index (χ2n) is 7.25. The largest absolute Gasteiger partial charge is 0.387 e. The number of hydrogen-bond acceptors (Lipinski definition) is 4. The van der Waals surface area contributed by atoms with Crippen LogP contribution in [0.2, 0.25) is 5.02 Å². The van der Waals surface area contributed by atoms with Gasteiger partial charge in [-0.2, -0.15) is 0 Å². The number of imidazole rings is 1. The van der Waals surface area contributed by atoms with E-state index in [-0.39, 0.29) is 12.5 Å². The van der Waals surface area contributed by atoms with Crippen molar-refractivity contribution in [3.05, 3.63) is 58.0 Å². The lowest BCUT2D eigenvalue weighted by Gasteiger charge is -2.13. The molecule has 3 aromatic rings. The number of hydrogen-bond donors (Lipinski definition) is 2. The Morgan fingerprint density at radius 2 is 2.04 bits per heavy atom. The van der Waals surface area contributed by atoms with E-state index in [4.69, 9.17) is 16.6 Å². The van der Waals surface area contributed by atoms with E-state index < -0.39 is 6.10 Å². The third kappa shape index (κ3) is 3.75. The van der Waals surface area contributed by atoms with Crippen LogP contribution in [0.5, 0.6) is 0 Å². The number of benzene rings is 1. The molecular weight excluding hydrogens is 376 g/mol. The Hall–Kier alpha value is -2.44.